The molecule has 4 rings (SSSR count). The van der Waals surface area contributed by atoms with Crippen molar-refractivity contribution in [3.05, 3.63) is 23.8 Å². The molecule has 3 aliphatic rings. The van der Waals surface area contributed by atoms with Crippen molar-refractivity contribution in [3.63, 3.8) is 0 Å². The standard InChI is InChI=1S/C18H26N2O2/c1-2-9-19-15(5-1)14-4-3-6-16(14)20-11-13-7-8-17-18(10-13)22-12-21-17/h7-8,10,14-16,19-20H,1-6,9,11-12H2. The lowest BCUT2D eigenvalue weighted by Crippen LogP contribution is -2.46. The first-order valence-corrected chi connectivity index (χ1v) is 8.75. The quantitative estimate of drug-likeness (QED) is 0.897. The van der Waals surface area contributed by atoms with Crippen LogP contribution in [0.5, 0.6) is 11.5 Å². The summed E-state index contributed by atoms with van der Waals surface area (Å²) >= 11 is 0. The Morgan fingerprint density at radius 1 is 1.05 bits per heavy atom. The van der Waals surface area contributed by atoms with Gasteiger partial charge in [-0.05, 0) is 55.8 Å². The van der Waals surface area contributed by atoms with Crippen LogP contribution >= 0.6 is 0 Å². The number of nitrogens with one attached hydrogen (secondary N) is 2. The normalized spacial score (nSPS) is 30.6. The van der Waals surface area contributed by atoms with E-state index in [1.165, 1.54) is 50.6 Å². The smallest absolute Gasteiger partial charge is 0.231 e. The highest BCUT2D eigenvalue weighted by molar-refractivity contribution is 5.44. The lowest BCUT2D eigenvalue weighted by molar-refractivity contribution is 0.174. The van der Waals surface area contributed by atoms with E-state index in [9.17, 15) is 0 Å². The van der Waals surface area contributed by atoms with Gasteiger partial charge in [-0.1, -0.05) is 18.9 Å². The molecule has 0 bridgehead atoms. The van der Waals surface area contributed by atoms with Gasteiger partial charge in [0.05, 0.1) is 0 Å². The highest BCUT2D eigenvalue weighted by atomic mass is 16.7. The van der Waals surface area contributed by atoms with Gasteiger partial charge in [0, 0.05) is 18.6 Å². The molecule has 3 atom stereocenters. The van der Waals surface area contributed by atoms with Crippen molar-refractivity contribution in [2.45, 2.75) is 57.2 Å². The van der Waals surface area contributed by atoms with E-state index in [1.807, 2.05) is 6.07 Å². The number of ether oxygens (including phenoxy) is 2. The average molecular weight is 302 g/mol. The van der Waals surface area contributed by atoms with Crippen LogP contribution in [0.2, 0.25) is 0 Å². The molecule has 1 saturated heterocycles. The Labute approximate surface area is 132 Å². The monoisotopic (exact) mass is 302 g/mol. The zero-order chi connectivity index (χ0) is 14.8. The molecule has 2 aliphatic heterocycles. The zero-order valence-electron chi connectivity index (χ0n) is 13.1. The van der Waals surface area contributed by atoms with Gasteiger partial charge in [0.15, 0.2) is 11.5 Å². The molecule has 1 aromatic rings. The van der Waals surface area contributed by atoms with Crippen LogP contribution in [0.15, 0.2) is 18.2 Å². The molecule has 2 heterocycles. The summed E-state index contributed by atoms with van der Waals surface area (Å²) in [6.07, 6.45) is 8.14. The van der Waals surface area contributed by atoms with E-state index in [0.29, 0.717) is 12.8 Å². The Morgan fingerprint density at radius 2 is 2.00 bits per heavy atom. The summed E-state index contributed by atoms with van der Waals surface area (Å²) in [4.78, 5) is 0. The third-order valence-electron chi connectivity index (χ3n) is 5.44. The van der Waals surface area contributed by atoms with Crippen molar-refractivity contribution in [2.75, 3.05) is 13.3 Å². The van der Waals surface area contributed by atoms with Crippen LogP contribution in [0.4, 0.5) is 0 Å². The minimum absolute atomic E-state index is 0.351. The topological polar surface area (TPSA) is 42.5 Å². The Bertz CT molecular complexity index is 514. The highest BCUT2D eigenvalue weighted by Gasteiger charge is 2.33. The van der Waals surface area contributed by atoms with Gasteiger partial charge in [0.25, 0.3) is 0 Å². The van der Waals surface area contributed by atoms with E-state index in [0.717, 1.165) is 30.0 Å². The fourth-order valence-corrected chi connectivity index (χ4v) is 4.27. The van der Waals surface area contributed by atoms with Gasteiger partial charge < -0.3 is 20.1 Å². The summed E-state index contributed by atoms with van der Waals surface area (Å²) in [5, 5.41) is 7.55. The molecule has 0 radical (unpaired) electrons. The molecule has 2 fully saturated rings. The van der Waals surface area contributed by atoms with E-state index in [4.69, 9.17) is 9.47 Å². The first-order chi connectivity index (χ1) is 10.9. The maximum Gasteiger partial charge on any atom is 0.231 e. The molecule has 1 saturated carbocycles. The fourth-order valence-electron chi connectivity index (χ4n) is 4.27. The first-order valence-electron chi connectivity index (χ1n) is 8.75. The van der Waals surface area contributed by atoms with Gasteiger partial charge in [-0.3, -0.25) is 0 Å². The fraction of sp³-hybridized carbons (Fsp3) is 0.667. The second-order valence-corrected chi connectivity index (χ2v) is 6.83. The third-order valence-corrected chi connectivity index (χ3v) is 5.44. The Balaban J connectivity index is 1.36. The minimum Gasteiger partial charge on any atom is -0.454 e. The summed E-state index contributed by atoms with van der Waals surface area (Å²) < 4.78 is 10.8. The zero-order valence-corrected chi connectivity index (χ0v) is 13.1. The predicted octanol–water partition coefficient (Wildman–Crippen LogP) is 2.82. The SMILES string of the molecule is c1cc2c(cc1CNC1CCCC1C1CCCCN1)OCO2. The van der Waals surface area contributed by atoms with Crippen LogP contribution in [0.1, 0.15) is 44.1 Å². The van der Waals surface area contributed by atoms with Crippen molar-refractivity contribution in [1.29, 1.82) is 0 Å². The van der Waals surface area contributed by atoms with Gasteiger partial charge in [-0.2, -0.15) is 0 Å². The molecule has 4 nitrogen and oxygen atoms in total. The summed E-state index contributed by atoms with van der Waals surface area (Å²) in [7, 11) is 0. The molecule has 0 amide bonds. The van der Waals surface area contributed by atoms with Crippen molar-refractivity contribution >= 4 is 0 Å². The van der Waals surface area contributed by atoms with Gasteiger partial charge in [-0.25, -0.2) is 0 Å². The van der Waals surface area contributed by atoms with Crippen molar-refractivity contribution in [3.8, 4) is 11.5 Å². The third kappa shape index (κ3) is 2.95. The number of piperidine rings is 1. The summed E-state index contributed by atoms with van der Waals surface area (Å²) in [5.41, 5.74) is 1.28. The molecule has 4 heteroatoms. The van der Waals surface area contributed by atoms with Crippen LogP contribution in [0, 0.1) is 5.92 Å². The molecule has 0 spiro atoms. The molecule has 0 aromatic heterocycles. The Morgan fingerprint density at radius 3 is 2.91 bits per heavy atom. The Hall–Kier alpha value is -1.26. The highest BCUT2D eigenvalue weighted by Crippen LogP contribution is 2.34. The molecule has 22 heavy (non-hydrogen) atoms. The van der Waals surface area contributed by atoms with Gasteiger partial charge >= 0.3 is 0 Å². The number of hydrogen-bond donors (Lipinski definition) is 2. The number of hydrogen-bond acceptors (Lipinski definition) is 4. The van der Waals surface area contributed by atoms with E-state index >= 15 is 0 Å². The second-order valence-electron chi connectivity index (χ2n) is 6.83. The molecular formula is C18H26N2O2. The summed E-state index contributed by atoms with van der Waals surface area (Å²) in [6, 6.07) is 7.65. The lowest BCUT2D eigenvalue weighted by Gasteiger charge is -2.33. The van der Waals surface area contributed by atoms with E-state index in [1.54, 1.807) is 0 Å². The maximum atomic E-state index is 5.47. The van der Waals surface area contributed by atoms with E-state index in [2.05, 4.69) is 22.8 Å². The molecule has 3 unspecified atom stereocenters. The van der Waals surface area contributed by atoms with Crippen LogP contribution in [-0.2, 0) is 6.54 Å². The second kappa shape index (κ2) is 6.47. The first kappa shape index (κ1) is 14.3. The average Bonchev–Trinajstić information content (AvgIpc) is 3.22. The van der Waals surface area contributed by atoms with Gasteiger partial charge in [0.1, 0.15) is 0 Å². The largest absolute Gasteiger partial charge is 0.454 e. The summed E-state index contributed by atoms with van der Waals surface area (Å²) in [6.45, 7) is 2.48. The molecule has 1 aromatic carbocycles. The van der Waals surface area contributed by atoms with Crippen LogP contribution < -0.4 is 20.1 Å². The van der Waals surface area contributed by atoms with Crippen molar-refractivity contribution in [1.82, 2.24) is 10.6 Å². The maximum absolute atomic E-state index is 5.47. The van der Waals surface area contributed by atoms with Crippen molar-refractivity contribution < 1.29 is 9.47 Å². The number of fused-ring (bicyclic) bond motifs is 1. The summed E-state index contributed by atoms with van der Waals surface area (Å²) in [5.74, 6) is 2.56. The molecule has 1 aliphatic carbocycles. The lowest BCUT2D eigenvalue weighted by atomic mass is 9.88. The predicted molar refractivity (Wildman–Crippen MR) is 86.2 cm³/mol. The molecule has 2 N–H and O–H groups in total. The van der Waals surface area contributed by atoms with E-state index < -0.39 is 0 Å². The molecular weight excluding hydrogens is 276 g/mol. The molecule has 120 valence electrons. The number of benzene rings is 1. The minimum atomic E-state index is 0.351. The number of rotatable bonds is 4. The van der Waals surface area contributed by atoms with Crippen LogP contribution in [0.3, 0.4) is 0 Å². The van der Waals surface area contributed by atoms with Crippen LogP contribution in [-0.4, -0.2) is 25.4 Å². The van der Waals surface area contributed by atoms with Gasteiger partial charge in [0.2, 0.25) is 6.79 Å². The van der Waals surface area contributed by atoms with E-state index in [-0.39, 0.29) is 0 Å². The van der Waals surface area contributed by atoms with Crippen LogP contribution in [0.25, 0.3) is 0 Å². The van der Waals surface area contributed by atoms with Gasteiger partial charge in [-0.15, -0.1) is 0 Å². The van der Waals surface area contributed by atoms with Crippen molar-refractivity contribution in [2.24, 2.45) is 5.92 Å². The Kier molecular flexibility index (Phi) is 4.22.